The third-order valence-electron chi connectivity index (χ3n) is 2.30. The zero-order chi connectivity index (χ0) is 10.9. The average Bonchev–Trinajstić information content (AvgIpc) is 2.30. The number of benzene rings is 1. The van der Waals surface area contributed by atoms with Gasteiger partial charge in [0.2, 0.25) is 0 Å². The maximum atomic E-state index is 8.82. The highest BCUT2D eigenvalue weighted by molar-refractivity contribution is 5.19. The highest BCUT2D eigenvalue weighted by Crippen LogP contribution is 2.17. The van der Waals surface area contributed by atoms with E-state index in [1.807, 2.05) is 18.2 Å². The van der Waals surface area contributed by atoms with Crippen LogP contribution in [-0.4, -0.2) is 18.3 Å². The quantitative estimate of drug-likeness (QED) is 0.690. The van der Waals surface area contributed by atoms with Crippen LogP contribution in [0.4, 0.5) is 0 Å². The number of terminal acetylenes is 1. The molecule has 1 atom stereocenters. The van der Waals surface area contributed by atoms with Crippen molar-refractivity contribution in [3.63, 3.8) is 0 Å². The van der Waals surface area contributed by atoms with E-state index in [2.05, 4.69) is 23.4 Å². The van der Waals surface area contributed by atoms with Crippen molar-refractivity contribution in [2.75, 3.05) is 13.2 Å². The summed E-state index contributed by atoms with van der Waals surface area (Å²) in [6, 6.07) is 10.4. The number of aliphatic hydroxyl groups is 1. The zero-order valence-electron chi connectivity index (χ0n) is 8.82. The minimum Gasteiger partial charge on any atom is -0.396 e. The van der Waals surface area contributed by atoms with Crippen LogP contribution >= 0.6 is 0 Å². The van der Waals surface area contributed by atoms with Gasteiger partial charge in [0.25, 0.3) is 0 Å². The molecular formula is C13H17NO. The monoisotopic (exact) mass is 203 g/mol. The molecule has 0 saturated carbocycles. The van der Waals surface area contributed by atoms with E-state index in [-0.39, 0.29) is 12.6 Å². The Labute approximate surface area is 91.3 Å². The van der Waals surface area contributed by atoms with E-state index in [0.29, 0.717) is 6.54 Å². The molecule has 0 amide bonds. The summed E-state index contributed by atoms with van der Waals surface area (Å²) >= 11 is 0. The lowest BCUT2D eigenvalue weighted by atomic mass is 10.0. The average molecular weight is 203 g/mol. The highest BCUT2D eigenvalue weighted by Gasteiger charge is 2.08. The lowest BCUT2D eigenvalue weighted by Crippen LogP contribution is -2.21. The summed E-state index contributed by atoms with van der Waals surface area (Å²) in [6.45, 7) is 0.784. The van der Waals surface area contributed by atoms with Crippen LogP contribution in [0, 0.1) is 12.3 Å². The molecule has 2 heteroatoms. The van der Waals surface area contributed by atoms with Crippen LogP contribution in [0.1, 0.15) is 24.4 Å². The Morgan fingerprint density at radius 3 is 2.67 bits per heavy atom. The number of rotatable bonds is 6. The van der Waals surface area contributed by atoms with Crippen LogP contribution in [-0.2, 0) is 0 Å². The zero-order valence-corrected chi connectivity index (χ0v) is 8.82. The Hall–Kier alpha value is -1.30. The van der Waals surface area contributed by atoms with E-state index >= 15 is 0 Å². The molecule has 0 aromatic heterocycles. The van der Waals surface area contributed by atoms with Crippen molar-refractivity contribution in [1.29, 1.82) is 0 Å². The van der Waals surface area contributed by atoms with Gasteiger partial charge < -0.3 is 5.11 Å². The van der Waals surface area contributed by atoms with Gasteiger partial charge in [-0.15, -0.1) is 6.42 Å². The molecule has 2 N–H and O–H groups in total. The molecule has 1 aromatic carbocycles. The first kappa shape index (κ1) is 11.8. The molecule has 0 saturated heterocycles. The van der Waals surface area contributed by atoms with Gasteiger partial charge in [-0.2, -0.15) is 0 Å². The Kier molecular flexibility index (Phi) is 5.54. The lowest BCUT2D eigenvalue weighted by Gasteiger charge is -2.17. The van der Waals surface area contributed by atoms with Crippen molar-refractivity contribution in [2.45, 2.75) is 18.9 Å². The summed E-state index contributed by atoms with van der Waals surface area (Å²) in [4.78, 5) is 0. The largest absolute Gasteiger partial charge is 0.396 e. The van der Waals surface area contributed by atoms with Gasteiger partial charge in [-0.1, -0.05) is 36.3 Å². The summed E-state index contributed by atoms with van der Waals surface area (Å²) in [5.74, 6) is 2.57. The molecule has 2 nitrogen and oxygen atoms in total. The number of hydrogen-bond donors (Lipinski definition) is 2. The third kappa shape index (κ3) is 4.16. The van der Waals surface area contributed by atoms with E-state index in [0.717, 1.165) is 12.8 Å². The van der Waals surface area contributed by atoms with Crippen molar-refractivity contribution in [2.24, 2.45) is 0 Å². The molecule has 0 bridgehead atoms. The van der Waals surface area contributed by atoms with Gasteiger partial charge in [-0.05, 0) is 18.4 Å². The summed E-state index contributed by atoms with van der Waals surface area (Å²) in [5.41, 5.74) is 1.22. The Balaban J connectivity index is 2.59. The fraction of sp³-hybridized carbons (Fsp3) is 0.385. The van der Waals surface area contributed by atoms with Crippen molar-refractivity contribution in [3.05, 3.63) is 35.9 Å². The number of aliphatic hydroxyl groups excluding tert-OH is 1. The Morgan fingerprint density at radius 1 is 1.33 bits per heavy atom. The highest BCUT2D eigenvalue weighted by atomic mass is 16.2. The van der Waals surface area contributed by atoms with Crippen LogP contribution in [0.15, 0.2) is 30.3 Å². The molecule has 0 aliphatic heterocycles. The van der Waals surface area contributed by atoms with Crippen molar-refractivity contribution in [3.8, 4) is 12.3 Å². The molecule has 80 valence electrons. The molecule has 0 spiro atoms. The molecule has 1 rings (SSSR count). The molecule has 1 aromatic rings. The standard InChI is InChI=1S/C13H17NO/c1-2-10-14-13(9-6-11-15)12-7-4-3-5-8-12/h1,3-5,7-8,13-15H,6,9-11H2. The van der Waals surface area contributed by atoms with E-state index < -0.39 is 0 Å². The Morgan fingerprint density at radius 2 is 2.07 bits per heavy atom. The van der Waals surface area contributed by atoms with E-state index in [4.69, 9.17) is 11.5 Å². The van der Waals surface area contributed by atoms with Crippen LogP contribution in [0.3, 0.4) is 0 Å². The first-order valence-corrected chi connectivity index (χ1v) is 5.21. The van der Waals surface area contributed by atoms with Gasteiger partial charge >= 0.3 is 0 Å². The topological polar surface area (TPSA) is 32.3 Å². The van der Waals surface area contributed by atoms with Crippen molar-refractivity contribution >= 4 is 0 Å². The first-order valence-electron chi connectivity index (χ1n) is 5.21. The molecule has 0 aliphatic rings. The fourth-order valence-electron chi connectivity index (χ4n) is 1.55. The summed E-state index contributed by atoms with van der Waals surface area (Å²) in [6.07, 6.45) is 6.92. The summed E-state index contributed by atoms with van der Waals surface area (Å²) < 4.78 is 0. The SMILES string of the molecule is C#CCNC(CCCO)c1ccccc1. The minimum absolute atomic E-state index is 0.223. The molecule has 0 radical (unpaired) electrons. The number of nitrogens with one attached hydrogen (secondary N) is 1. The van der Waals surface area contributed by atoms with Gasteiger partial charge in [0.05, 0.1) is 6.54 Å². The van der Waals surface area contributed by atoms with Gasteiger partial charge in [-0.25, -0.2) is 0 Å². The third-order valence-corrected chi connectivity index (χ3v) is 2.30. The summed E-state index contributed by atoms with van der Waals surface area (Å²) in [7, 11) is 0. The molecule has 0 aliphatic carbocycles. The minimum atomic E-state index is 0.223. The second-order valence-electron chi connectivity index (χ2n) is 3.41. The second kappa shape index (κ2) is 7.05. The molecule has 1 unspecified atom stereocenters. The maximum absolute atomic E-state index is 8.82. The predicted molar refractivity (Wildman–Crippen MR) is 62.3 cm³/mol. The molecular weight excluding hydrogens is 186 g/mol. The van der Waals surface area contributed by atoms with Crippen LogP contribution in [0.2, 0.25) is 0 Å². The second-order valence-corrected chi connectivity index (χ2v) is 3.41. The van der Waals surface area contributed by atoms with Crippen molar-refractivity contribution < 1.29 is 5.11 Å². The molecule has 0 fully saturated rings. The van der Waals surface area contributed by atoms with E-state index in [1.165, 1.54) is 5.56 Å². The van der Waals surface area contributed by atoms with Gasteiger partial charge in [0.15, 0.2) is 0 Å². The fourth-order valence-corrected chi connectivity index (χ4v) is 1.55. The van der Waals surface area contributed by atoms with Gasteiger partial charge in [0, 0.05) is 12.6 Å². The van der Waals surface area contributed by atoms with Gasteiger partial charge in [0.1, 0.15) is 0 Å². The van der Waals surface area contributed by atoms with E-state index in [1.54, 1.807) is 0 Å². The summed E-state index contributed by atoms with van der Waals surface area (Å²) in [5, 5.41) is 12.1. The van der Waals surface area contributed by atoms with Crippen LogP contribution in [0.5, 0.6) is 0 Å². The van der Waals surface area contributed by atoms with Crippen LogP contribution < -0.4 is 5.32 Å². The van der Waals surface area contributed by atoms with Crippen LogP contribution in [0.25, 0.3) is 0 Å². The lowest BCUT2D eigenvalue weighted by molar-refractivity contribution is 0.276. The van der Waals surface area contributed by atoms with Crippen molar-refractivity contribution in [1.82, 2.24) is 5.32 Å². The molecule has 15 heavy (non-hydrogen) atoms. The first-order chi connectivity index (χ1) is 7.38. The van der Waals surface area contributed by atoms with Gasteiger partial charge in [-0.3, -0.25) is 5.32 Å². The predicted octanol–water partition coefficient (Wildman–Crippen LogP) is 1.72. The Bertz CT molecular complexity index is 302. The van der Waals surface area contributed by atoms with E-state index in [9.17, 15) is 0 Å². The number of hydrogen-bond acceptors (Lipinski definition) is 2. The maximum Gasteiger partial charge on any atom is 0.0578 e. The normalized spacial score (nSPS) is 12.0. The molecule has 0 heterocycles. The smallest absolute Gasteiger partial charge is 0.0578 e.